The number of esters is 1. The standard InChI is InChI=1S/C29H22ClF3N2O5/c30-20-7-3-18(4-8-20)16-35-22-10-12-26(24(14-22)27(37)38)40-28(39)23-13-21(9-11-25(23)36)34-15-17-1-5-19(6-2-17)29(31,32)33/h1-14,34-36H,15-16H2,(H,37,38). The number of phenols is 1. The van der Waals surface area contributed by atoms with Crippen LogP contribution in [0.3, 0.4) is 0 Å². The number of aromatic carboxylic acids is 1. The van der Waals surface area contributed by atoms with Gasteiger partial charge in [0.2, 0.25) is 0 Å². The first-order chi connectivity index (χ1) is 19.0. The van der Waals surface area contributed by atoms with Gasteiger partial charge < -0.3 is 25.6 Å². The Morgan fingerprint density at radius 3 is 1.85 bits per heavy atom. The van der Waals surface area contributed by atoms with Crippen LogP contribution in [0.15, 0.2) is 84.9 Å². The average molecular weight is 571 g/mol. The topological polar surface area (TPSA) is 108 Å². The van der Waals surface area contributed by atoms with Crippen LogP contribution in [0.5, 0.6) is 11.5 Å². The molecule has 4 N–H and O–H groups in total. The second-order valence-electron chi connectivity index (χ2n) is 8.67. The van der Waals surface area contributed by atoms with E-state index in [1.165, 1.54) is 42.5 Å². The normalized spacial score (nSPS) is 11.1. The molecule has 0 aliphatic heterocycles. The molecule has 0 radical (unpaired) electrons. The van der Waals surface area contributed by atoms with Crippen molar-refractivity contribution in [1.29, 1.82) is 0 Å². The van der Waals surface area contributed by atoms with E-state index in [1.54, 1.807) is 18.2 Å². The summed E-state index contributed by atoms with van der Waals surface area (Å²) in [5.74, 6) is -2.95. The highest BCUT2D eigenvalue weighted by molar-refractivity contribution is 6.30. The van der Waals surface area contributed by atoms with Gasteiger partial charge in [0.25, 0.3) is 0 Å². The molecule has 0 bridgehead atoms. The number of hydrogen-bond acceptors (Lipinski definition) is 6. The van der Waals surface area contributed by atoms with Crippen LogP contribution in [0.1, 0.15) is 37.4 Å². The van der Waals surface area contributed by atoms with Crippen LogP contribution >= 0.6 is 11.6 Å². The third kappa shape index (κ3) is 7.23. The Balaban J connectivity index is 1.44. The van der Waals surface area contributed by atoms with Gasteiger partial charge in [-0.15, -0.1) is 0 Å². The number of carboxylic acids is 1. The molecule has 0 saturated carbocycles. The lowest BCUT2D eigenvalue weighted by molar-refractivity contribution is -0.137. The summed E-state index contributed by atoms with van der Waals surface area (Å²) in [4.78, 5) is 24.7. The zero-order valence-corrected chi connectivity index (χ0v) is 21.4. The van der Waals surface area contributed by atoms with Gasteiger partial charge in [0.05, 0.1) is 5.56 Å². The molecule has 0 atom stereocenters. The first-order valence-electron chi connectivity index (χ1n) is 11.8. The number of carbonyl (C=O) groups excluding carboxylic acids is 1. The summed E-state index contributed by atoms with van der Waals surface area (Å²) in [6.45, 7) is 0.542. The molecule has 0 amide bonds. The monoisotopic (exact) mass is 570 g/mol. The van der Waals surface area contributed by atoms with Crippen LogP contribution in [0.2, 0.25) is 5.02 Å². The van der Waals surface area contributed by atoms with Crippen LogP contribution in [0.4, 0.5) is 24.5 Å². The number of anilines is 2. The number of aromatic hydroxyl groups is 1. The molecule has 0 saturated heterocycles. The Kier molecular flexibility index (Phi) is 8.49. The molecule has 4 aromatic rings. The SMILES string of the molecule is O=C(Oc1ccc(NCc2ccc(Cl)cc2)cc1C(=O)O)c1cc(NCc2ccc(C(F)(F)F)cc2)ccc1O. The van der Waals surface area contributed by atoms with Crippen LogP contribution in [-0.4, -0.2) is 22.2 Å². The molecule has 0 spiro atoms. The molecule has 0 heterocycles. The van der Waals surface area contributed by atoms with Gasteiger partial charge in [-0.2, -0.15) is 13.2 Å². The number of nitrogens with one attached hydrogen (secondary N) is 2. The molecule has 11 heteroatoms. The largest absolute Gasteiger partial charge is 0.507 e. The van der Waals surface area contributed by atoms with Crippen LogP contribution in [-0.2, 0) is 19.3 Å². The quantitative estimate of drug-likeness (QED) is 0.0957. The van der Waals surface area contributed by atoms with E-state index in [9.17, 15) is 33.0 Å². The minimum Gasteiger partial charge on any atom is -0.507 e. The molecule has 0 aliphatic carbocycles. The molecule has 206 valence electrons. The lowest BCUT2D eigenvalue weighted by atomic mass is 10.1. The predicted molar refractivity (Wildman–Crippen MR) is 144 cm³/mol. The van der Waals surface area contributed by atoms with Crippen LogP contribution in [0, 0.1) is 0 Å². The number of alkyl halides is 3. The number of halogens is 4. The van der Waals surface area contributed by atoms with Crippen LogP contribution < -0.4 is 15.4 Å². The van der Waals surface area contributed by atoms with Crippen molar-refractivity contribution < 1.29 is 37.7 Å². The van der Waals surface area contributed by atoms with Crippen molar-refractivity contribution in [1.82, 2.24) is 0 Å². The predicted octanol–water partition coefficient (Wildman–Crippen LogP) is 7.21. The van der Waals surface area contributed by atoms with Gasteiger partial charge in [-0.05, 0) is 71.8 Å². The van der Waals surface area contributed by atoms with Gasteiger partial charge >= 0.3 is 18.1 Å². The third-order valence-corrected chi connectivity index (χ3v) is 6.07. The summed E-state index contributed by atoms with van der Waals surface area (Å²) >= 11 is 5.89. The second-order valence-corrected chi connectivity index (χ2v) is 9.10. The van der Waals surface area contributed by atoms with Gasteiger partial charge in [0.15, 0.2) is 0 Å². The highest BCUT2D eigenvalue weighted by atomic mass is 35.5. The molecular weight excluding hydrogens is 549 g/mol. The first kappa shape index (κ1) is 28.3. The Morgan fingerprint density at radius 2 is 1.30 bits per heavy atom. The van der Waals surface area contributed by atoms with E-state index in [-0.39, 0.29) is 23.4 Å². The van der Waals surface area contributed by atoms with E-state index in [4.69, 9.17) is 16.3 Å². The highest BCUT2D eigenvalue weighted by Gasteiger charge is 2.29. The molecule has 0 aromatic heterocycles. The molecule has 0 unspecified atom stereocenters. The Morgan fingerprint density at radius 1 is 0.775 bits per heavy atom. The first-order valence-corrected chi connectivity index (χ1v) is 12.2. The number of hydrogen-bond donors (Lipinski definition) is 4. The lowest BCUT2D eigenvalue weighted by Gasteiger charge is -2.13. The van der Waals surface area contributed by atoms with Gasteiger partial charge in [0.1, 0.15) is 22.6 Å². The van der Waals surface area contributed by atoms with E-state index in [0.29, 0.717) is 28.5 Å². The maximum absolute atomic E-state index is 12.9. The Hall–Kier alpha value is -4.70. The second kappa shape index (κ2) is 12.0. The zero-order valence-electron chi connectivity index (χ0n) is 20.6. The molecule has 4 rings (SSSR count). The van der Waals surface area contributed by atoms with Crippen molar-refractivity contribution >= 4 is 34.9 Å². The molecule has 0 aliphatic rings. The van der Waals surface area contributed by atoms with E-state index < -0.39 is 29.4 Å². The smallest absolute Gasteiger partial charge is 0.416 e. The number of ether oxygens (including phenoxy) is 1. The molecular formula is C29H22ClF3N2O5. The number of phenolic OH excluding ortho intramolecular Hbond substituents is 1. The molecule has 4 aromatic carbocycles. The summed E-state index contributed by atoms with van der Waals surface area (Å²) in [6, 6.07) is 19.9. The lowest BCUT2D eigenvalue weighted by Crippen LogP contribution is -2.13. The van der Waals surface area contributed by atoms with E-state index in [2.05, 4.69) is 10.6 Å². The van der Waals surface area contributed by atoms with Crippen molar-refractivity contribution in [3.8, 4) is 11.5 Å². The van der Waals surface area contributed by atoms with Gasteiger partial charge in [-0.1, -0.05) is 35.9 Å². The maximum Gasteiger partial charge on any atom is 0.416 e. The average Bonchev–Trinajstić information content (AvgIpc) is 2.92. The molecule has 7 nitrogen and oxygen atoms in total. The van der Waals surface area contributed by atoms with Crippen molar-refractivity contribution in [2.45, 2.75) is 19.3 Å². The fourth-order valence-corrected chi connectivity index (χ4v) is 3.81. The van der Waals surface area contributed by atoms with Crippen molar-refractivity contribution in [2.24, 2.45) is 0 Å². The fourth-order valence-electron chi connectivity index (χ4n) is 3.68. The molecule has 0 fully saturated rings. The van der Waals surface area contributed by atoms with Gasteiger partial charge in [-0.3, -0.25) is 0 Å². The van der Waals surface area contributed by atoms with Crippen molar-refractivity contribution in [2.75, 3.05) is 10.6 Å². The summed E-state index contributed by atoms with van der Waals surface area (Å²) in [6.07, 6.45) is -4.44. The van der Waals surface area contributed by atoms with E-state index in [0.717, 1.165) is 17.7 Å². The van der Waals surface area contributed by atoms with E-state index >= 15 is 0 Å². The Labute approximate surface area is 231 Å². The maximum atomic E-state index is 12.9. The summed E-state index contributed by atoms with van der Waals surface area (Å²) in [5, 5.41) is 26.5. The van der Waals surface area contributed by atoms with Crippen molar-refractivity contribution in [3.05, 3.63) is 118 Å². The number of carboxylic acid groups (broad SMARTS) is 1. The number of benzene rings is 4. The number of rotatable bonds is 9. The number of carbonyl (C=O) groups is 2. The van der Waals surface area contributed by atoms with Gasteiger partial charge in [-0.25, -0.2) is 9.59 Å². The summed E-state index contributed by atoms with van der Waals surface area (Å²) < 4.78 is 43.6. The third-order valence-electron chi connectivity index (χ3n) is 5.82. The summed E-state index contributed by atoms with van der Waals surface area (Å²) in [5.41, 5.74) is 1.05. The van der Waals surface area contributed by atoms with Crippen LogP contribution in [0.25, 0.3) is 0 Å². The van der Waals surface area contributed by atoms with Gasteiger partial charge in [0, 0.05) is 29.5 Å². The Bertz CT molecular complexity index is 1520. The minimum atomic E-state index is -4.44. The van der Waals surface area contributed by atoms with Crippen molar-refractivity contribution in [3.63, 3.8) is 0 Å². The highest BCUT2D eigenvalue weighted by Crippen LogP contribution is 2.30. The summed E-state index contributed by atoms with van der Waals surface area (Å²) in [7, 11) is 0. The molecule has 40 heavy (non-hydrogen) atoms. The fraction of sp³-hybridized carbons (Fsp3) is 0.103. The van der Waals surface area contributed by atoms with E-state index in [1.807, 2.05) is 12.1 Å². The zero-order chi connectivity index (χ0) is 28.9. The minimum absolute atomic E-state index is 0.144.